The lowest BCUT2D eigenvalue weighted by atomic mass is 9.38. The summed E-state index contributed by atoms with van der Waals surface area (Å²) in [5.41, 5.74) is -1.17. The molecule has 6 nitrogen and oxygen atoms in total. The molecule has 0 aromatic heterocycles. The SMILES string of the molecule is C=C1C[C@]23C[C@H]4[C@@H]5[C@]6(C)C[C@H](OC(C)=O)[C@@H](O)[C@]57[C@@H]([C@H]2C[C@H]1C[C@]37O)N4[C@@H]6O. The summed E-state index contributed by atoms with van der Waals surface area (Å²) in [7, 11) is 0. The fraction of sp³-hybridized carbons (Fsp3) is 0.864. The van der Waals surface area contributed by atoms with Crippen LogP contribution in [0.5, 0.6) is 0 Å². The van der Waals surface area contributed by atoms with E-state index >= 15 is 0 Å². The van der Waals surface area contributed by atoms with Crippen LogP contribution in [0.15, 0.2) is 12.2 Å². The van der Waals surface area contributed by atoms with Gasteiger partial charge < -0.3 is 20.1 Å². The molecule has 0 aromatic carbocycles. The zero-order chi connectivity index (χ0) is 19.6. The van der Waals surface area contributed by atoms with Gasteiger partial charge in [-0.2, -0.15) is 0 Å². The minimum Gasteiger partial charge on any atom is -0.460 e. The number of hydrogen-bond acceptors (Lipinski definition) is 6. The first-order chi connectivity index (χ1) is 13.1. The van der Waals surface area contributed by atoms with Crippen molar-refractivity contribution >= 4 is 5.97 Å². The Hall–Kier alpha value is -0.950. The molecule has 6 heteroatoms. The van der Waals surface area contributed by atoms with E-state index in [0.29, 0.717) is 18.8 Å². The van der Waals surface area contributed by atoms with Gasteiger partial charge in [0, 0.05) is 29.8 Å². The van der Waals surface area contributed by atoms with Gasteiger partial charge in [-0.1, -0.05) is 19.1 Å². The average Bonchev–Trinajstić information content (AvgIpc) is 2.97. The first-order valence-corrected chi connectivity index (χ1v) is 10.8. The second kappa shape index (κ2) is 4.25. The highest BCUT2D eigenvalue weighted by atomic mass is 16.6. The fourth-order valence-electron chi connectivity index (χ4n) is 10.6. The van der Waals surface area contributed by atoms with Crippen LogP contribution in [0.2, 0.25) is 0 Å². The van der Waals surface area contributed by atoms with Gasteiger partial charge >= 0.3 is 5.97 Å². The molecule has 9 bridgehead atoms. The van der Waals surface area contributed by atoms with Crippen molar-refractivity contribution in [3.8, 4) is 0 Å². The fourth-order valence-corrected chi connectivity index (χ4v) is 10.6. The smallest absolute Gasteiger partial charge is 0.302 e. The third kappa shape index (κ3) is 1.22. The van der Waals surface area contributed by atoms with Gasteiger partial charge in [-0.05, 0) is 49.9 Å². The molecule has 0 radical (unpaired) electrons. The lowest BCUT2D eigenvalue weighted by Crippen LogP contribution is -2.76. The Labute approximate surface area is 164 Å². The Morgan fingerprint density at radius 3 is 2.75 bits per heavy atom. The number of aliphatic hydroxyl groups is 3. The van der Waals surface area contributed by atoms with E-state index in [1.807, 2.05) is 0 Å². The Morgan fingerprint density at radius 1 is 1.29 bits per heavy atom. The van der Waals surface area contributed by atoms with Crippen LogP contribution < -0.4 is 0 Å². The second-order valence-electron chi connectivity index (χ2n) is 11.3. The van der Waals surface area contributed by atoms with Crippen molar-refractivity contribution in [2.45, 2.75) is 82.1 Å². The Kier molecular flexibility index (Phi) is 2.55. The third-order valence-corrected chi connectivity index (χ3v) is 10.9. The van der Waals surface area contributed by atoms with Crippen LogP contribution in [-0.4, -0.2) is 62.3 Å². The quantitative estimate of drug-likeness (QED) is 0.455. The molecule has 6 saturated carbocycles. The predicted octanol–water partition coefficient (Wildman–Crippen LogP) is 0.797. The maximum atomic E-state index is 12.5. The van der Waals surface area contributed by atoms with Crippen LogP contribution in [0.4, 0.5) is 0 Å². The molecule has 152 valence electrons. The van der Waals surface area contributed by atoms with E-state index in [2.05, 4.69) is 18.4 Å². The van der Waals surface area contributed by atoms with E-state index in [1.165, 1.54) is 12.5 Å². The summed E-state index contributed by atoms with van der Waals surface area (Å²) in [4.78, 5) is 14.1. The van der Waals surface area contributed by atoms with E-state index in [1.54, 1.807) is 0 Å². The molecule has 2 spiro atoms. The number of ether oxygens (including phenoxy) is 1. The van der Waals surface area contributed by atoms with E-state index < -0.39 is 40.8 Å². The van der Waals surface area contributed by atoms with E-state index in [0.717, 1.165) is 19.3 Å². The second-order valence-corrected chi connectivity index (χ2v) is 11.3. The highest BCUT2D eigenvalue weighted by Crippen LogP contribution is 2.89. The topological polar surface area (TPSA) is 90.2 Å². The number of esters is 1. The standard InChI is InChI=1S/C22H29NO5/c1-9-5-20-7-13-15-19(3)8-14(28-10(2)24)17(25)22(15)16(23(13)18(19)26)12(20)4-11(9)6-21(20,22)27/h11-18,25-27H,1,4-8H2,2-3H3/t11-,12+,13-,14-,15+,16+,17+,18+,19-,20-,21-,22+/m0/s1. The summed E-state index contributed by atoms with van der Waals surface area (Å²) < 4.78 is 5.62. The van der Waals surface area contributed by atoms with Crippen molar-refractivity contribution in [2.75, 3.05) is 0 Å². The van der Waals surface area contributed by atoms with Gasteiger partial charge in [-0.25, -0.2) is 0 Å². The number of fused-ring (bicyclic) bond motifs is 1. The maximum Gasteiger partial charge on any atom is 0.302 e. The molecule has 3 N–H and O–H groups in total. The molecule has 9 rings (SSSR count). The first kappa shape index (κ1) is 16.8. The van der Waals surface area contributed by atoms with Crippen molar-refractivity contribution in [1.29, 1.82) is 0 Å². The maximum absolute atomic E-state index is 12.5. The van der Waals surface area contributed by atoms with Gasteiger partial charge in [0.05, 0.1) is 11.0 Å². The van der Waals surface area contributed by atoms with Crippen LogP contribution in [0.3, 0.4) is 0 Å². The van der Waals surface area contributed by atoms with Crippen LogP contribution in [0.1, 0.15) is 46.0 Å². The highest BCUT2D eigenvalue weighted by molar-refractivity contribution is 5.66. The molecular weight excluding hydrogens is 358 g/mol. The number of piperidine rings is 2. The molecule has 3 saturated heterocycles. The van der Waals surface area contributed by atoms with Gasteiger partial charge in [0.2, 0.25) is 0 Å². The Balaban J connectivity index is 1.50. The van der Waals surface area contributed by atoms with Crippen molar-refractivity contribution in [3.05, 3.63) is 12.2 Å². The molecular formula is C22H29NO5. The van der Waals surface area contributed by atoms with Gasteiger partial charge in [-0.3, -0.25) is 9.69 Å². The summed E-state index contributed by atoms with van der Waals surface area (Å²) in [6.45, 7) is 7.79. The molecule has 6 aliphatic carbocycles. The number of nitrogens with zero attached hydrogens (tertiary/aromatic N) is 1. The predicted molar refractivity (Wildman–Crippen MR) is 97.6 cm³/mol. The molecule has 0 amide bonds. The number of allylic oxidation sites excluding steroid dienone is 1. The van der Waals surface area contributed by atoms with Crippen molar-refractivity contribution < 1.29 is 24.9 Å². The molecule has 1 unspecified atom stereocenters. The number of carbonyl (C=O) groups is 1. The van der Waals surface area contributed by atoms with Crippen LogP contribution in [-0.2, 0) is 9.53 Å². The molecule has 3 aliphatic heterocycles. The number of aliphatic hydroxyl groups excluding tert-OH is 2. The van der Waals surface area contributed by atoms with Gasteiger partial charge in [0.25, 0.3) is 0 Å². The summed E-state index contributed by atoms with van der Waals surface area (Å²) >= 11 is 0. The first-order valence-electron chi connectivity index (χ1n) is 10.8. The van der Waals surface area contributed by atoms with Crippen molar-refractivity contribution in [1.82, 2.24) is 4.90 Å². The summed E-state index contributed by atoms with van der Waals surface area (Å²) in [6.07, 6.45) is 1.67. The lowest BCUT2D eigenvalue weighted by Gasteiger charge is -2.68. The zero-order valence-corrected chi connectivity index (χ0v) is 16.5. The number of rotatable bonds is 1. The average molecular weight is 387 g/mol. The number of hydrogen-bond donors (Lipinski definition) is 3. The molecule has 0 aromatic rings. The minimum atomic E-state index is -0.977. The number of carbonyl (C=O) groups excluding carboxylic acids is 1. The van der Waals surface area contributed by atoms with Crippen molar-refractivity contribution in [2.24, 2.45) is 34.0 Å². The van der Waals surface area contributed by atoms with E-state index in [4.69, 9.17) is 4.74 Å². The van der Waals surface area contributed by atoms with Gasteiger partial charge in [0.1, 0.15) is 18.4 Å². The van der Waals surface area contributed by atoms with Crippen LogP contribution in [0.25, 0.3) is 0 Å². The Bertz CT molecular complexity index is 860. The van der Waals surface area contributed by atoms with Gasteiger partial charge in [-0.15, -0.1) is 0 Å². The van der Waals surface area contributed by atoms with E-state index in [9.17, 15) is 20.1 Å². The summed E-state index contributed by atoms with van der Waals surface area (Å²) in [5.74, 6) is 0.190. The van der Waals surface area contributed by atoms with Crippen LogP contribution >= 0.6 is 0 Å². The molecule has 9 fully saturated rings. The monoisotopic (exact) mass is 387 g/mol. The normalized spacial score (nSPS) is 69.3. The minimum absolute atomic E-state index is 0.0317. The molecule has 3 heterocycles. The molecule has 13 atom stereocenters. The molecule has 28 heavy (non-hydrogen) atoms. The van der Waals surface area contributed by atoms with Gasteiger partial charge in [0.15, 0.2) is 0 Å². The largest absolute Gasteiger partial charge is 0.460 e. The zero-order valence-electron chi connectivity index (χ0n) is 16.5. The Morgan fingerprint density at radius 2 is 2.04 bits per heavy atom. The highest BCUT2D eigenvalue weighted by Gasteiger charge is 2.95. The van der Waals surface area contributed by atoms with Crippen molar-refractivity contribution in [3.63, 3.8) is 0 Å². The summed E-state index contributed by atoms with van der Waals surface area (Å²) in [6, 6.07) is 0.160. The lowest BCUT2D eigenvalue weighted by molar-refractivity contribution is -0.299. The van der Waals surface area contributed by atoms with E-state index in [-0.39, 0.29) is 29.3 Å². The summed E-state index contributed by atoms with van der Waals surface area (Å²) in [5, 5.41) is 35.7. The third-order valence-electron chi connectivity index (χ3n) is 10.9. The molecule has 9 aliphatic rings. The van der Waals surface area contributed by atoms with Crippen LogP contribution in [0, 0.1) is 34.0 Å².